The summed E-state index contributed by atoms with van der Waals surface area (Å²) in [7, 11) is 4.18. The Balaban J connectivity index is 2.40. The van der Waals surface area contributed by atoms with Crippen LogP contribution in [0.3, 0.4) is 0 Å². The molecule has 4 nitrogen and oxygen atoms in total. The van der Waals surface area contributed by atoms with E-state index in [0.29, 0.717) is 12.1 Å². The third-order valence-corrected chi connectivity index (χ3v) is 2.89. The maximum absolute atomic E-state index is 4.33. The van der Waals surface area contributed by atoms with Crippen molar-refractivity contribution in [2.75, 3.05) is 13.6 Å². The van der Waals surface area contributed by atoms with Crippen molar-refractivity contribution in [3.05, 3.63) is 18.2 Å². The lowest BCUT2D eigenvalue weighted by Crippen LogP contribution is -2.40. The molecule has 1 rings (SSSR count). The maximum Gasteiger partial charge on any atom is 0.122 e. The smallest absolute Gasteiger partial charge is 0.122 e. The molecule has 92 valence electrons. The van der Waals surface area contributed by atoms with E-state index in [9.17, 15) is 0 Å². The minimum atomic E-state index is 0.513. The Morgan fingerprint density at radius 3 is 2.62 bits per heavy atom. The Kier molecular flexibility index (Phi) is 4.96. The van der Waals surface area contributed by atoms with E-state index in [-0.39, 0.29) is 0 Å². The molecular weight excluding hydrogens is 200 g/mol. The van der Waals surface area contributed by atoms with Crippen molar-refractivity contribution in [2.24, 2.45) is 7.05 Å². The van der Waals surface area contributed by atoms with Crippen molar-refractivity contribution in [1.82, 2.24) is 19.8 Å². The van der Waals surface area contributed by atoms with Crippen molar-refractivity contribution in [1.29, 1.82) is 0 Å². The quantitative estimate of drug-likeness (QED) is 0.789. The van der Waals surface area contributed by atoms with Crippen molar-refractivity contribution < 1.29 is 0 Å². The number of imidazole rings is 1. The SMILES string of the molecule is CC(C)NCC(C)N(C)Cc1nccn1C. The van der Waals surface area contributed by atoms with Gasteiger partial charge < -0.3 is 9.88 Å². The molecule has 0 fully saturated rings. The topological polar surface area (TPSA) is 33.1 Å². The van der Waals surface area contributed by atoms with Gasteiger partial charge in [0.2, 0.25) is 0 Å². The van der Waals surface area contributed by atoms with E-state index in [0.717, 1.165) is 18.9 Å². The summed E-state index contributed by atoms with van der Waals surface area (Å²) < 4.78 is 2.07. The van der Waals surface area contributed by atoms with E-state index in [4.69, 9.17) is 0 Å². The normalized spacial score (nSPS) is 13.7. The zero-order valence-corrected chi connectivity index (χ0v) is 11.1. The minimum absolute atomic E-state index is 0.513. The number of aromatic nitrogens is 2. The molecule has 0 radical (unpaired) electrons. The van der Waals surface area contributed by atoms with Gasteiger partial charge in [0, 0.05) is 38.1 Å². The molecule has 4 heteroatoms. The summed E-state index contributed by atoms with van der Waals surface area (Å²) in [6, 6.07) is 1.06. The van der Waals surface area contributed by atoms with Crippen LogP contribution in [0, 0.1) is 0 Å². The Morgan fingerprint density at radius 2 is 2.12 bits per heavy atom. The maximum atomic E-state index is 4.33. The van der Waals surface area contributed by atoms with E-state index >= 15 is 0 Å². The number of likely N-dealkylation sites (N-methyl/N-ethyl adjacent to an activating group) is 1. The van der Waals surface area contributed by atoms with Gasteiger partial charge in [0.1, 0.15) is 5.82 Å². The van der Waals surface area contributed by atoms with Gasteiger partial charge in [-0.25, -0.2) is 4.98 Å². The van der Waals surface area contributed by atoms with E-state index in [1.165, 1.54) is 0 Å². The highest BCUT2D eigenvalue weighted by Gasteiger charge is 2.11. The van der Waals surface area contributed by atoms with Gasteiger partial charge >= 0.3 is 0 Å². The molecule has 0 amide bonds. The molecule has 0 aromatic carbocycles. The molecule has 0 spiro atoms. The lowest BCUT2D eigenvalue weighted by molar-refractivity contribution is 0.232. The summed E-state index contributed by atoms with van der Waals surface area (Å²) in [6.07, 6.45) is 3.83. The molecule has 1 atom stereocenters. The number of rotatable bonds is 6. The van der Waals surface area contributed by atoms with Crippen LogP contribution in [-0.4, -0.2) is 40.1 Å². The molecular formula is C12H24N4. The van der Waals surface area contributed by atoms with Gasteiger partial charge in [-0.3, -0.25) is 4.90 Å². The molecule has 16 heavy (non-hydrogen) atoms. The summed E-state index contributed by atoms with van der Waals surface area (Å²) in [5, 5.41) is 3.45. The third-order valence-electron chi connectivity index (χ3n) is 2.89. The molecule has 1 N–H and O–H groups in total. The second-order valence-electron chi connectivity index (χ2n) is 4.78. The van der Waals surface area contributed by atoms with Crippen LogP contribution in [0.5, 0.6) is 0 Å². The van der Waals surface area contributed by atoms with Crippen LogP contribution >= 0.6 is 0 Å². The van der Waals surface area contributed by atoms with E-state index < -0.39 is 0 Å². The van der Waals surface area contributed by atoms with Gasteiger partial charge in [0.25, 0.3) is 0 Å². The molecule has 1 aromatic heterocycles. The molecule has 0 saturated carbocycles. The first-order valence-electron chi connectivity index (χ1n) is 5.90. The summed E-state index contributed by atoms with van der Waals surface area (Å²) in [5.74, 6) is 1.11. The Labute approximate surface area is 98.7 Å². The molecule has 1 heterocycles. The molecule has 0 aliphatic heterocycles. The van der Waals surface area contributed by atoms with Crippen molar-refractivity contribution >= 4 is 0 Å². The Morgan fingerprint density at radius 1 is 1.44 bits per heavy atom. The molecule has 0 aliphatic rings. The predicted molar refractivity (Wildman–Crippen MR) is 67.3 cm³/mol. The van der Waals surface area contributed by atoms with Crippen LogP contribution in [0.2, 0.25) is 0 Å². The number of nitrogens with zero attached hydrogens (tertiary/aromatic N) is 3. The molecule has 0 bridgehead atoms. The van der Waals surface area contributed by atoms with Crippen LogP contribution in [0.15, 0.2) is 12.4 Å². The first kappa shape index (κ1) is 13.2. The monoisotopic (exact) mass is 224 g/mol. The summed E-state index contributed by atoms with van der Waals surface area (Å²) in [4.78, 5) is 6.65. The zero-order valence-electron chi connectivity index (χ0n) is 11.1. The predicted octanol–water partition coefficient (Wildman–Crippen LogP) is 1.24. The molecule has 0 aliphatic carbocycles. The highest BCUT2D eigenvalue weighted by atomic mass is 15.2. The zero-order chi connectivity index (χ0) is 12.1. The Bertz CT molecular complexity index is 306. The fourth-order valence-corrected chi connectivity index (χ4v) is 1.49. The summed E-state index contributed by atoms with van der Waals surface area (Å²) >= 11 is 0. The number of aryl methyl sites for hydroxylation is 1. The van der Waals surface area contributed by atoms with Gasteiger partial charge in [-0.15, -0.1) is 0 Å². The van der Waals surface area contributed by atoms with E-state index in [2.05, 4.69) is 47.6 Å². The fraction of sp³-hybridized carbons (Fsp3) is 0.750. The number of hydrogen-bond acceptors (Lipinski definition) is 3. The molecule has 0 saturated heterocycles. The van der Waals surface area contributed by atoms with Gasteiger partial charge in [-0.1, -0.05) is 13.8 Å². The summed E-state index contributed by atoms with van der Waals surface area (Å²) in [6.45, 7) is 8.48. The van der Waals surface area contributed by atoms with Crippen LogP contribution in [0.4, 0.5) is 0 Å². The second kappa shape index (κ2) is 6.01. The van der Waals surface area contributed by atoms with Gasteiger partial charge in [0.15, 0.2) is 0 Å². The average Bonchev–Trinajstić information content (AvgIpc) is 2.60. The van der Waals surface area contributed by atoms with Crippen molar-refractivity contribution in [3.63, 3.8) is 0 Å². The second-order valence-corrected chi connectivity index (χ2v) is 4.78. The van der Waals surface area contributed by atoms with Crippen molar-refractivity contribution in [2.45, 2.75) is 39.4 Å². The first-order chi connectivity index (χ1) is 7.50. The van der Waals surface area contributed by atoms with Crippen LogP contribution < -0.4 is 5.32 Å². The number of nitrogens with one attached hydrogen (secondary N) is 1. The Hall–Kier alpha value is -0.870. The number of hydrogen-bond donors (Lipinski definition) is 1. The largest absolute Gasteiger partial charge is 0.337 e. The highest BCUT2D eigenvalue weighted by molar-refractivity contribution is 4.91. The average molecular weight is 224 g/mol. The molecule has 1 aromatic rings. The standard InChI is InChI=1S/C12H24N4/c1-10(2)14-8-11(3)16(5)9-12-13-6-7-15(12)4/h6-7,10-11,14H,8-9H2,1-5H3. The van der Waals surface area contributed by atoms with E-state index in [1.54, 1.807) is 0 Å². The fourth-order valence-electron chi connectivity index (χ4n) is 1.49. The van der Waals surface area contributed by atoms with Crippen LogP contribution in [0.25, 0.3) is 0 Å². The van der Waals surface area contributed by atoms with Gasteiger partial charge in [-0.05, 0) is 14.0 Å². The van der Waals surface area contributed by atoms with Gasteiger partial charge in [-0.2, -0.15) is 0 Å². The summed E-state index contributed by atoms with van der Waals surface area (Å²) in [5.41, 5.74) is 0. The van der Waals surface area contributed by atoms with Gasteiger partial charge in [0.05, 0.1) is 6.54 Å². The minimum Gasteiger partial charge on any atom is -0.337 e. The third kappa shape index (κ3) is 3.94. The van der Waals surface area contributed by atoms with Crippen molar-refractivity contribution in [3.8, 4) is 0 Å². The van der Waals surface area contributed by atoms with E-state index in [1.807, 2.05) is 19.4 Å². The van der Waals surface area contributed by atoms with Crippen LogP contribution in [0.1, 0.15) is 26.6 Å². The first-order valence-corrected chi connectivity index (χ1v) is 5.90. The highest BCUT2D eigenvalue weighted by Crippen LogP contribution is 2.03. The molecule has 1 unspecified atom stereocenters. The van der Waals surface area contributed by atoms with Crippen LogP contribution in [-0.2, 0) is 13.6 Å². The lowest BCUT2D eigenvalue weighted by Gasteiger charge is -2.25. The lowest BCUT2D eigenvalue weighted by atomic mass is 10.2.